The number of nitrogens with two attached hydrogens (primary N) is 1. The molecule has 2 N–H and O–H groups in total. The van der Waals surface area contributed by atoms with Crippen molar-refractivity contribution in [3.05, 3.63) is 29.3 Å². The Morgan fingerprint density at radius 3 is 2.83 bits per heavy atom. The van der Waals surface area contributed by atoms with E-state index in [1.165, 1.54) is 17.5 Å². The van der Waals surface area contributed by atoms with Gasteiger partial charge in [-0.2, -0.15) is 0 Å². The summed E-state index contributed by atoms with van der Waals surface area (Å²) in [5.41, 5.74) is 9.67. The summed E-state index contributed by atoms with van der Waals surface area (Å²) in [5, 5.41) is 0. The molecule has 1 aliphatic carbocycles. The van der Waals surface area contributed by atoms with Gasteiger partial charge in [0, 0.05) is 5.69 Å². The molecule has 0 saturated heterocycles. The Labute approximate surface area is 73.6 Å². The van der Waals surface area contributed by atoms with Crippen molar-refractivity contribution >= 4 is 5.69 Å². The van der Waals surface area contributed by atoms with Crippen LogP contribution in [0.25, 0.3) is 0 Å². The predicted molar refractivity (Wildman–Crippen MR) is 52.1 cm³/mol. The second-order valence-corrected chi connectivity index (χ2v) is 3.97. The van der Waals surface area contributed by atoms with E-state index >= 15 is 0 Å². The monoisotopic (exact) mass is 161 g/mol. The van der Waals surface area contributed by atoms with Gasteiger partial charge in [0.25, 0.3) is 0 Å². The molecule has 1 aromatic carbocycles. The maximum Gasteiger partial charge on any atom is 0.0349 e. The number of benzene rings is 1. The molecule has 0 radical (unpaired) electrons. The van der Waals surface area contributed by atoms with Gasteiger partial charge >= 0.3 is 0 Å². The molecule has 0 fully saturated rings. The van der Waals surface area contributed by atoms with Crippen molar-refractivity contribution in [1.29, 1.82) is 0 Å². The largest absolute Gasteiger partial charge is 0.398 e. The van der Waals surface area contributed by atoms with Crippen LogP contribution in [-0.2, 0) is 6.42 Å². The number of fused-ring (bicyclic) bond motifs is 1. The molecule has 12 heavy (non-hydrogen) atoms. The lowest BCUT2D eigenvalue weighted by Gasteiger charge is -2.34. The Bertz CT molecular complexity index is 302. The highest BCUT2D eigenvalue weighted by molar-refractivity contribution is 5.57. The molecule has 2 rings (SSSR count). The first kappa shape index (κ1) is 7.66. The third kappa shape index (κ3) is 0.927. The van der Waals surface area contributed by atoms with Gasteiger partial charge in [-0.1, -0.05) is 26.0 Å². The van der Waals surface area contributed by atoms with Crippen LogP contribution < -0.4 is 5.73 Å². The third-order valence-electron chi connectivity index (χ3n) is 2.88. The fraction of sp³-hybridized carbons (Fsp3) is 0.455. The molecule has 64 valence electrons. The van der Waals surface area contributed by atoms with Crippen LogP contribution in [0.5, 0.6) is 0 Å². The lowest BCUT2D eigenvalue weighted by molar-refractivity contribution is 0.452. The molecular weight excluding hydrogens is 146 g/mol. The third-order valence-corrected chi connectivity index (χ3v) is 2.88. The van der Waals surface area contributed by atoms with Gasteiger partial charge in [-0.3, -0.25) is 0 Å². The number of nitrogen functional groups attached to an aromatic ring is 1. The van der Waals surface area contributed by atoms with Gasteiger partial charge in [0.15, 0.2) is 0 Å². The zero-order valence-electron chi connectivity index (χ0n) is 7.67. The average Bonchev–Trinajstić information content (AvgIpc) is 1.92. The van der Waals surface area contributed by atoms with Crippen molar-refractivity contribution in [3.63, 3.8) is 0 Å². The van der Waals surface area contributed by atoms with E-state index in [4.69, 9.17) is 5.73 Å². The first-order valence-corrected chi connectivity index (χ1v) is 4.57. The Kier molecular flexibility index (Phi) is 1.60. The minimum atomic E-state index is 0.749. The first-order valence-electron chi connectivity index (χ1n) is 4.57. The van der Waals surface area contributed by atoms with Crippen LogP contribution >= 0.6 is 0 Å². The maximum atomic E-state index is 5.83. The molecule has 1 aliphatic rings. The highest BCUT2D eigenvalue weighted by Crippen LogP contribution is 2.42. The van der Waals surface area contributed by atoms with Crippen molar-refractivity contribution in [2.24, 2.45) is 5.92 Å². The van der Waals surface area contributed by atoms with E-state index in [2.05, 4.69) is 26.0 Å². The Morgan fingerprint density at radius 1 is 1.42 bits per heavy atom. The molecule has 1 heteroatoms. The summed E-state index contributed by atoms with van der Waals surface area (Å²) in [6.07, 6.45) is 1.18. The summed E-state index contributed by atoms with van der Waals surface area (Å²) < 4.78 is 0. The van der Waals surface area contributed by atoms with Crippen LogP contribution in [0.2, 0.25) is 0 Å². The molecule has 0 unspecified atom stereocenters. The second kappa shape index (κ2) is 2.51. The lowest BCUT2D eigenvalue weighted by Crippen LogP contribution is -2.23. The first-order chi connectivity index (χ1) is 5.70. The van der Waals surface area contributed by atoms with Crippen LogP contribution in [0, 0.1) is 5.92 Å². The summed E-state index contributed by atoms with van der Waals surface area (Å²) in [4.78, 5) is 0. The van der Waals surface area contributed by atoms with E-state index in [-0.39, 0.29) is 0 Å². The van der Waals surface area contributed by atoms with E-state index < -0.39 is 0 Å². The van der Waals surface area contributed by atoms with Gasteiger partial charge in [-0.25, -0.2) is 0 Å². The topological polar surface area (TPSA) is 26.0 Å². The van der Waals surface area contributed by atoms with Crippen LogP contribution in [0.15, 0.2) is 18.2 Å². The van der Waals surface area contributed by atoms with E-state index in [0.717, 1.165) is 17.5 Å². The SMILES string of the molecule is CC(C)[C@@H]1Cc2c(N)cccc21. The average molecular weight is 161 g/mol. The minimum Gasteiger partial charge on any atom is -0.398 e. The molecule has 0 amide bonds. The molecule has 0 spiro atoms. The van der Waals surface area contributed by atoms with Crippen molar-refractivity contribution in [3.8, 4) is 0 Å². The van der Waals surface area contributed by atoms with Gasteiger partial charge in [-0.15, -0.1) is 0 Å². The normalized spacial score (nSPS) is 20.4. The van der Waals surface area contributed by atoms with Gasteiger partial charge < -0.3 is 5.73 Å². The zero-order valence-corrected chi connectivity index (χ0v) is 7.67. The number of rotatable bonds is 1. The lowest BCUT2D eigenvalue weighted by atomic mass is 9.71. The van der Waals surface area contributed by atoms with Crippen LogP contribution in [-0.4, -0.2) is 0 Å². The van der Waals surface area contributed by atoms with E-state index in [9.17, 15) is 0 Å². The molecule has 0 aromatic heterocycles. The predicted octanol–water partition coefficient (Wildman–Crippen LogP) is 2.56. The highest BCUT2D eigenvalue weighted by Gasteiger charge is 2.29. The zero-order chi connectivity index (χ0) is 8.72. The molecule has 0 saturated carbocycles. The van der Waals surface area contributed by atoms with Crippen molar-refractivity contribution in [1.82, 2.24) is 0 Å². The van der Waals surface area contributed by atoms with E-state index in [0.29, 0.717) is 0 Å². The maximum absolute atomic E-state index is 5.83. The molecule has 0 aliphatic heterocycles. The quantitative estimate of drug-likeness (QED) is 0.629. The van der Waals surface area contributed by atoms with Crippen molar-refractivity contribution < 1.29 is 0 Å². The standard InChI is InChI=1S/C11H15N/c1-7(2)9-6-10-8(9)4-3-5-11(10)12/h3-5,7,9H,6,12H2,1-2H3/t9-/m0/s1. The fourth-order valence-electron chi connectivity index (χ4n) is 2.00. The molecule has 1 atom stereocenters. The smallest absolute Gasteiger partial charge is 0.0349 e. The minimum absolute atomic E-state index is 0.749. The van der Waals surface area contributed by atoms with Crippen molar-refractivity contribution in [2.75, 3.05) is 5.73 Å². The number of hydrogen-bond donors (Lipinski definition) is 1. The Balaban J connectivity index is 2.36. The van der Waals surface area contributed by atoms with Gasteiger partial charge in [0.2, 0.25) is 0 Å². The Hall–Kier alpha value is -0.980. The van der Waals surface area contributed by atoms with Gasteiger partial charge in [0.1, 0.15) is 0 Å². The fourth-order valence-corrected chi connectivity index (χ4v) is 2.00. The van der Waals surface area contributed by atoms with E-state index in [1.807, 2.05) is 6.07 Å². The van der Waals surface area contributed by atoms with E-state index in [1.54, 1.807) is 0 Å². The van der Waals surface area contributed by atoms with Gasteiger partial charge in [0.05, 0.1) is 0 Å². The van der Waals surface area contributed by atoms with Crippen LogP contribution in [0.3, 0.4) is 0 Å². The summed E-state index contributed by atoms with van der Waals surface area (Å²) in [6.45, 7) is 4.55. The highest BCUT2D eigenvalue weighted by atomic mass is 14.6. The molecule has 1 nitrogen and oxygen atoms in total. The van der Waals surface area contributed by atoms with Gasteiger partial charge in [-0.05, 0) is 35.4 Å². The van der Waals surface area contributed by atoms with Crippen molar-refractivity contribution in [2.45, 2.75) is 26.2 Å². The molecule has 0 bridgehead atoms. The van der Waals surface area contributed by atoms with Crippen LogP contribution in [0.1, 0.15) is 30.9 Å². The molecule has 0 heterocycles. The molecule has 1 aromatic rings. The summed E-state index contributed by atoms with van der Waals surface area (Å²) in [7, 11) is 0. The molecular formula is C11H15N. The Morgan fingerprint density at radius 2 is 2.17 bits per heavy atom. The summed E-state index contributed by atoms with van der Waals surface area (Å²) in [5.74, 6) is 1.50. The number of hydrogen-bond acceptors (Lipinski definition) is 1. The number of anilines is 1. The summed E-state index contributed by atoms with van der Waals surface area (Å²) in [6, 6.07) is 6.26. The second-order valence-electron chi connectivity index (χ2n) is 3.97. The summed E-state index contributed by atoms with van der Waals surface area (Å²) >= 11 is 0. The van der Waals surface area contributed by atoms with Crippen LogP contribution in [0.4, 0.5) is 5.69 Å².